The van der Waals surface area contributed by atoms with E-state index in [1.807, 2.05) is 24.3 Å². The van der Waals surface area contributed by atoms with Crippen molar-refractivity contribution in [3.63, 3.8) is 0 Å². The van der Waals surface area contributed by atoms with Gasteiger partial charge in [0.2, 0.25) is 0 Å². The maximum absolute atomic E-state index is 12.8. The van der Waals surface area contributed by atoms with E-state index >= 15 is 0 Å². The van der Waals surface area contributed by atoms with Gasteiger partial charge in [0.25, 0.3) is 0 Å². The first-order valence-corrected chi connectivity index (χ1v) is 11.2. The summed E-state index contributed by atoms with van der Waals surface area (Å²) in [4.78, 5) is 36.9. The van der Waals surface area contributed by atoms with Gasteiger partial charge in [0.15, 0.2) is 0 Å². The highest BCUT2D eigenvalue weighted by Gasteiger charge is 2.26. The van der Waals surface area contributed by atoms with Crippen LogP contribution in [0.25, 0.3) is 10.9 Å². The summed E-state index contributed by atoms with van der Waals surface area (Å²) in [5.41, 5.74) is -1.00. The summed E-state index contributed by atoms with van der Waals surface area (Å²) in [5.74, 6) is -0.985. The van der Waals surface area contributed by atoms with Crippen LogP contribution in [0.3, 0.4) is 0 Å². The highest BCUT2D eigenvalue weighted by atomic mass is 16.6. The first kappa shape index (κ1) is 27.0. The van der Waals surface area contributed by atoms with Gasteiger partial charge in [-0.1, -0.05) is 30.4 Å². The van der Waals surface area contributed by atoms with Crippen LogP contribution >= 0.6 is 0 Å². The molecule has 1 heterocycles. The van der Waals surface area contributed by atoms with Gasteiger partial charge >= 0.3 is 18.2 Å². The number of hydrogen-bond donors (Lipinski definition) is 2. The molecule has 0 radical (unpaired) electrons. The summed E-state index contributed by atoms with van der Waals surface area (Å²) in [7, 11) is 0. The van der Waals surface area contributed by atoms with Crippen molar-refractivity contribution in [2.75, 3.05) is 0 Å². The van der Waals surface area contributed by atoms with Crippen molar-refractivity contribution in [3.05, 3.63) is 48.2 Å². The molecule has 1 unspecified atom stereocenters. The Labute approximate surface area is 200 Å². The molecule has 1 atom stereocenters. The number of carbonyl (C=O) groups excluding carboxylic acids is 2. The molecular weight excluding hydrogens is 436 g/mol. The SMILES string of the molecule is CC(C)(C)OC(=O)NC(/C=C/C(C)(C)C(=O)O)Cc1cn(C(=O)OC(C)(C)C)c2ccccc12. The Hall–Kier alpha value is -3.29. The topological polar surface area (TPSA) is 107 Å². The van der Waals surface area contributed by atoms with Crippen molar-refractivity contribution < 1.29 is 29.0 Å². The molecule has 0 spiro atoms. The number of ether oxygens (including phenoxy) is 2. The molecule has 0 aliphatic heterocycles. The lowest BCUT2D eigenvalue weighted by molar-refractivity contribution is -0.144. The number of nitrogens with one attached hydrogen (secondary N) is 1. The number of para-hydroxylation sites is 1. The second-order valence-corrected chi connectivity index (χ2v) is 10.9. The number of fused-ring (bicyclic) bond motifs is 1. The van der Waals surface area contributed by atoms with E-state index in [-0.39, 0.29) is 0 Å². The molecule has 2 aromatic rings. The zero-order chi connectivity index (χ0) is 25.9. The molecule has 2 N–H and O–H groups in total. The smallest absolute Gasteiger partial charge is 0.419 e. The number of amides is 1. The van der Waals surface area contributed by atoms with Gasteiger partial charge in [-0.15, -0.1) is 0 Å². The number of alkyl carbamates (subject to hydrolysis) is 1. The lowest BCUT2D eigenvalue weighted by Crippen LogP contribution is -2.39. The third-order valence-corrected chi connectivity index (χ3v) is 4.82. The van der Waals surface area contributed by atoms with Crippen LogP contribution in [0.2, 0.25) is 0 Å². The van der Waals surface area contributed by atoms with Crippen LogP contribution in [0.4, 0.5) is 9.59 Å². The fourth-order valence-electron chi connectivity index (χ4n) is 3.17. The van der Waals surface area contributed by atoms with Crippen molar-refractivity contribution >= 4 is 29.1 Å². The van der Waals surface area contributed by atoms with E-state index in [2.05, 4.69) is 5.32 Å². The van der Waals surface area contributed by atoms with Crippen molar-refractivity contribution in [2.24, 2.45) is 5.41 Å². The number of rotatable bonds is 6. The molecule has 1 aromatic carbocycles. The van der Waals surface area contributed by atoms with Gasteiger partial charge in [-0.3, -0.25) is 9.36 Å². The van der Waals surface area contributed by atoms with Crippen molar-refractivity contribution in [1.82, 2.24) is 9.88 Å². The van der Waals surface area contributed by atoms with Gasteiger partial charge in [-0.05, 0) is 73.4 Å². The van der Waals surface area contributed by atoms with Gasteiger partial charge in [0.1, 0.15) is 11.2 Å². The van der Waals surface area contributed by atoms with Crippen LogP contribution in [-0.2, 0) is 20.7 Å². The summed E-state index contributed by atoms with van der Waals surface area (Å²) in [6.45, 7) is 13.8. The molecule has 8 heteroatoms. The van der Waals surface area contributed by atoms with E-state index in [4.69, 9.17) is 9.47 Å². The monoisotopic (exact) mass is 472 g/mol. The molecule has 8 nitrogen and oxygen atoms in total. The van der Waals surface area contributed by atoms with Crippen LogP contribution < -0.4 is 5.32 Å². The van der Waals surface area contributed by atoms with Gasteiger partial charge < -0.3 is 19.9 Å². The molecule has 0 fully saturated rings. The molecule has 2 rings (SSSR count). The van der Waals surface area contributed by atoms with Crippen LogP contribution in [0.5, 0.6) is 0 Å². The van der Waals surface area contributed by atoms with E-state index < -0.39 is 40.8 Å². The molecule has 0 aliphatic rings. The minimum absolute atomic E-state index is 0.307. The predicted octanol–water partition coefficient (Wildman–Crippen LogP) is 5.53. The number of carboxylic acid groups (broad SMARTS) is 1. The number of aromatic nitrogens is 1. The largest absolute Gasteiger partial charge is 0.481 e. The first-order valence-electron chi connectivity index (χ1n) is 11.2. The number of carbonyl (C=O) groups is 3. The minimum Gasteiger partial charge on any atom is -0.481 e. The van der Waals surface area contributed by atoms with Crippen molar-refractivity contribution in [1.29, 1.82) is 0 Å². The Bertz CT molecular complexity index is 1080. The van der Waals surface area contributed by atoms with Crippen LogP contribution in [0, 0.1) is 5.41 Å². The minimum atomic E-state index is -1.13. The fraction of sp³-hybridized carbons (Fsp3) is 0.500. The van der Waals surface area contributed by atoms with Gasteiger partial charge in [-0.25, -0.2) is 9.59 Å². The van der Waals surface area contributed by atoms with Crippen molar-refractivity contribution in [3.8, 4) is 0 Å². The maximum atomic E-state index is 12.8. The molecule has 34 heavy (non-hydrogen) atoms. The lowest BCUT2D eigenvalue weighted by Gasteiger charge is -2.23. The molecular formula is C26H36N2O6. The zero-order valence-corrected chi connectivity index (χ0v) is 21.3. The molecule has 186 valence electrons. The number of carboxylic acids is 1. The molecule has 0 saturated heterocycles. The highest BCUT2D eigenvalue weighted by molar-refractivity contribution is 5.92. The van der Waals surface area contributed by atoms with Gasteiger partial charge in [0.05, 0.1) is 17.0 Å². The Morgan fingerprint density at radius 3 is 2.15 bits per heavy atom. The van der Waals surface area contributed by atoms with Gasteiger partial charge in [-0.2, -0.15) is 0 Å². The molecule has 1 aromatic heterocycles. The summed E-state index contributed by atoms with van der Waals surface area (Å²) < 4.78 is 12.4. The average Bonchev–Trinajstić information content (AvgIpc) is 3.02. The molecule has 0 saturated carbocycles. The third kappa shape index (κ3) is 7.64. The number of nitrogens with zero attached hydrogens (tertiary/aromatic N) is 1. The van der Waals surface area contributed by atoms with Crippen LogP contribution in [-0.4, -0.2) is 45.1 Å². The first-order chi connectivity index (χ1) is 15.5. The second kappa shape index (κ2) is 9.91. The standard InChI is InChI=1S/C26H36N2O6/c1-24(2,3)33-22(31)27-18(13-14-26(7,8)21(29)30)15-17-16-28(23(32)34-25(4,5)6)20-12-10-9-11-19(17)20/h9-14,16,18H,15H2,1-8H3,(H,27,31)(H,29,30)/b14-13+. The van der Waals surface area contributed by atoms with E-state index in [0.29, 0.717) is 11.9 Å². The predicted molar refractivity (Wildman–Crippen MR) is 131 cm³/mol. The Kier molecular flexibility index (Phi) is 7.86. The third-order valence-electron chi connectivity index (χ3n) is 4.82. The Balaban J connectivity index is 2.44. The molecule has 1 amide bonds. The van der Waals surface area contributed by atoms with E-state index in [1.165, 1.54) is 4.57 Å². The number of benzene rings is 1. The quantitative estimate of drug-likeness (QED) is 0.536. The lowest BCUT2D eigenvalue weighted by atomic mass is 9.92. The van der Waals surface area contributed by atoms with E-state index in [0.717, 1.165) is 10.9 Å². The summed E-state index contributed by atoms with van der Waals surface area (Å²) in [5, 5.41) is 13.1. The average molecular weight is 473 g/mol. The van der Waals surface area contributed by atoms with E-state index in [1.54, 1.807) is 73.7 Å². The highest BCUT2D eigenvalue weighted by Crippen LogP contribution is 2.25. The normalized spacial score (nSPS) is 13.6. The number of aliphatic carboxylic acids is 1. The maximum Gasteiger partial charge on any atom is 0.419 e. The molecule has 0 bridgehead atoms. The summed E-state index contributed by atoms with van der Waals surface area (Å²) in [6, 6.07) is 6.83. The molecule has 0 aliphatic carbocycles. The second-order valence-electron chi connectivity index (χ2n) is 10.9. The zero-order valence-electron chi connectivity index (χ0n) is 21.3. The van der Waals surface area contributed by atoms with Gasteiger partial charge in [0, 0.05) is 11.6 Å². The van der Waals surface area contributed by atoms with Crippen LogP contribution in [0.1, 0.15) is 61.0 Å². The van der Waals surface area contributed by atoms with E-state index in [9.17, 15) is 19.5 Å². The fourth-order valence-corrected chi connectivity index (χ4v) is 3.17. The Morgan fingerprint density at radius 2 is 1.59 bits per heavy atom. The van der Waals surface area contributed by atoms with Crippen LogP contribution in [0.15, 0.2) is 42.6 Å². The van der Waals surface area contributed by atoms with Crippen molar-refractivity contribution in [2.45, 2.75) is 79.1 Å². The summed E-state index contributed by atoms with van der Waals surface area (Å²) >= 11 is 0. The Morgan fingerprint density at radius 1 is 1.00 bits per heavy atom. The summed E-state index contributed by atoms with van der Waals surface area (Å²) in [6.07, 6.45) is 4.07. The number of hydrogen-bond acceptors (Lipinski definition) is 5.